The topological polar surface area (TPSA) is 83.7 Å². The van der Waals surface area contributed by atoms with E-state index < -0.39 is 11.5 Å². The second kappa shape index (κ2) is 4.81. The van der Waals surface area contributed by atoms with Gasteiger partial charge in [0.05, 0.1) is 16.8 Å². The number of carbonyl (C=O) groups is 2. The number of amides is 1. The summed E-state index contributed by atoms with van der Waals surface area (Å²) in [5, 5.41) is 13.5. The zero-order valence-electron chi connectivity index (χ0n) is 11.4. The number of nitrogens with one attached hydrogen (secondary N) is 1. The summed E-state index contributed by atoms with van der Waals surface area (Å²) in [5.41, 5.74) is 0.104. The second-order valence-corrected chi connectivity index (χ2v) is 7.28. The molecule has 0 saturated carbocycles. The number of carboxylic acid groups (broad SMARTS) is 1. The summed E-state index contributed by atoms with van der Waals surface area (Å²) in [5.74, 6) is -1.21. The van der Waals surface area contributed by atoms with E-state index in [1.54, 1.807) is 31.3 Å². The molecule has 0 unspecified atom stereocenters. The number of aliphatic carboxylic acids is 1. The van der Waals surface area contributed by atoms with E-state index in [2.05, 4.69) is 10.3 Å². The van der Waals surface area contributed by atoms with Crippen LogP contribution in [0.25, 0.3) is 15.3 Å². The first kappa shape index (κ1) is 14.0. The number of rotatable bonds is 4. The standard InChI is InChI=1S/C13H13N3O3S2/c1-13(2,6-9(17)18)15-10(19)8-5-7-11(21-8)14-12-16(7)3-4-20-12/h3-5H,6H2,1-2H3,(H,15,19)(H,17,18). The number of hydrogen-bond acceptors (Lipinski definition) is 5. The Balaban J connectivity index is 1.87. The molecule has 0 radical (unpaired) electrons. The number of hydrogen-bond donors (Lipinski definition) is 2. The maximum absolute atomic E-state index is 12.3. The Morgan fingerprint density at radius 1 is 1.48 bits per heavy atom. The number of thiazole rings is 1. The fourth-order valence-corrected chi connectivity index (χ4v) is 3.85. The average Bonchev–Trinajstić information content (AvgIpc) is 2.95. The van der Waals surface area contributed by atoms with E-state index in [1.807, 2.05) is 16.0 Å². The van der Waals surface area contributed by atoms with E-state index in [4.69, 9.17) is 5.11 Å². The lowest BCUT2D eigenvalue weighted by molar-refractivity contribution is -0.138. The highest BCUT2D eigenvalue weighted by Gasteiger charge is 2.25. The number of fused-ring (bicyclic) bond motifs is 3. The Hall–Kier alpha value is -1.93. The lowest BCUT2D eigenvalue weighted by Gasteiger charge is -2.23. The van der Waals surface area contributed by atoms with Crippen molar-refractivity contribution >= 4 is 49.9 Å². The van der Waals surface area contributed by atoms with E-state index in [-0.39, 0.29) is 12.3 Å². The van der Waals surface area contributed by atoms with Gasteiger partial charge in [0.2, 0.25) is 0 Å². The van der Waals surface area contributed by atoms with Crippen LogP contribution in [-0.2, 0) is 4.79 Å². The number of aromatic nitrogens is 2. The first-order valence-electron chi connectivity index (χ1n) is 6.25. The van der Waals surface area contributed by atoms with Crippen LogP contribution in [0.15, 0.2) is 17.6 Å². The summed E-state index contributed by atoms with van der Waals surface area (Å²) >= 11 is 2.85. The first-order valence-corrected chi connectivity index (χ1v) is 7.95. The number of nitrogens with zero attached hydrogens (tertiary/aromatic N) is 2. The summed E-state index contributed by atoms with van der Waals surface area (Å²) in [6, 6.07) is 1.79. The average molecular weight is 323 g/mol. The summed E-state index contributed by atoms with van der Waals surface area (Å²) in [6.07, 6.45) is 1.79. The van der Waals surface area contributed by atoms with Crippen LogP contribution in [0, 0.1) is 0 Å². The van der Waals surface area contributed by atoms with Gasteiger partial charge in [0.25, 0.3) is 5.91 Å². The maximum atomic E-state index is 12.3. The monoisotopic (exact) mass is 323 g/mol. The van der Waals surface area contributed by atoms with Gasteiger partial charge in [-0.2, -0.15) is 0 Å². The van der Waals surface area contributed by atoms with Gasteiger partial charge in [-0.25, -0.2) is 4.98 Å². The molecule has 0 atom stereocenters. The van der Waals surface area contributed by atoms with Gasteiger partial charge in [0.1, 0.15) is 4.83 Å². The molecule has 110 valence electrons. The lowest BCUT2D eigenvalue weighted by Crippen LogP contribution is -2.44. The highest BCUT2D eigenvalue weighted by molar-refractivity contribution is 7.21. The van der Waals surface area contributed by atoms with Crippen LogP contribution in [-0.4, -0.2) is 31.9 Å². The molecule has 3 aromatic rings. The maximum Gasteiger partial charge on any atom is 0.305 e. The van der Waals surface area contributed by atoms with Gasteiger partial charge >= 0.3 is 5.97 Å². The van der Waals surface area contributed by atoms with E-state index >= 15 is 0 Å². The minimum absolute atomic E-state index is 0.127. The Labute approximate surface area is 128 Å². The number of imidazole rings is 1. The predicted octanol–water partition coefficient (Wildman–Crippen LogP) is 2.59. The minimum atomic E-state index is -0.942. The third kappa shape index (κ3) is 2.64. The second-order valence-electron chi connectivity index (χ2n) is 5.38. The molecule has 0 bridgehead atoms. The molecule has 6 nitrogen and oxygen atoms in total. The van der Waals surface area contributed by atoms with Crippen molar-refractivity contribution in [1.29, 1.82) is 0 Å². The van der Waals surface area contributed by atoms with E-state index in [0.29, 0.717) is 4.88 Å². The molecule has 0 aliphatic heterocycles. The first-order chi connectivity index (χ1) is 9.85. The molecule has 21 heavy (non-hydrogen) atoms. The summed E-state index contributed by atoms with van der Waals surface area (Å²) in [6.45, 7) is 3.38. The van der Waals surface area contributed by atoms with Crippen LogP contribution in [0.2, 0.25) is 0 Å². The number of carboxylic acids is 1. The van der Waals surface area contributed by atoms with Gasteiger partial charge in [-0.3, -0.25) is 14.0 Å². The van der Waals surface area contributed by atoms with Crippen molar-refractivity contribution < 1.29 is 14.7 Å². The summed E-state index contributed by atoms with van der Waals surface area (Å²) in [4.78, 5) is 29.7. The molecule has 2 N–H and O–H groups in total. The molecule has 0 spiro atoms. The van der Waals surface area contributed by atoms with E-state index in [9.17, 15) is 9.59 Å². The van der Waals surface area contributed by atoms with Gasteiger partial charge in [0.15, 0.2) is 4.96 Å². The molecule has 1 amide bonds. The molecule has 0 aliphatic carbocycles. The molecule has 0 fully saturated rings. The fraction of sp³-hybridized carbons (Fsp3) is 0.308. The van der Waals surface area contributed by atoms with Crippen molar-refractivity contribution in [2.45, 2.75) is 25.8 Å². The van der Waals surface area contributed by atoms with Crippen molar-refractivity contribution in [2.24, 2.45) is 0 Å². The molecule has 0 aromatic carbocycles. The third-order valence-electron chi connectivity index (χ3n) is 3.01. The molecule has 3 heterocycles. The molecular weight excluding hydrogens is 310 g/mol. The normalized spacial score (nSPS) is 12.1. The molecule has 8 heteroatoms. The minimum Gasteiger partial charge on any atom is -0.481 e. The van der Waals surface area contributed by atoms with E-state index in [0.717, 1.165) is 15.3 Å². The third-order valence-corrected chi connectivity index (χ3v) is 4.78. The van der Waals surface area contributed by atoms with Crippen molar-refractivity contribution in [3.8, 4) is 0 Å². The largest absolute Gasteiger partial charge is 0.481 e. The van der Waals surface area contributed by atoms with Gasteiger partial charge in [-0.15, -0.1) is 22.7 Å². The Morgan fingerprint density at radius 3 is 2.95 bits per heavy atom. The number of carbonyl (C=O) groups excluding carboxylic acids is 1. The molecule has 0 saturated heterocycles. The van der Waals surface area contributed by atoms with Crippen LogP contribution >= 0.6 is 22.7 Å². The van der Waals surface area contributed by atoms with Gasteiger partial charge in [0, 0.05) is 17.1 Å². The summed E-state index contributed by atoms with van der Waals surface area (Å²) in [7, 11) is 0. The van der Waals surface area contributed by atoms with Gasteiger partial charge in [-0.05, 0) is 19.9 Å². The molecule has 0 aliphatic rings. The predicted molar refractivity (Wildman–Crippen MR) is 82.3 cm³/mol. The van der Waals surface area contributed by atoms with Crippen molar-refractivity contribution in [3.05, 3.63) is 22.5 Å². The van der Waals surface area contributed by atoms with E-state index in [1.165, 1.54) is 11.3 Å². The summed E-state index contributed by atoms with van der Waals surface area (Å²) < 4.78 is 1.94. The fourth-order valence-electron chi connectivity index (χ4n) is 2.15. The number of thiophene rings is 1. The van der Waals surface area contributed by atoms with Crippen LogP contribution in [0.5, 0.6) is 0 Å². The quantitative estimate of drug-likeness (QED) is 0.773. The molecular formula is C13H13N3O3S2. The van der Waals surface area contributed by atoms with Gasteiger partial charge in [-0.1, -0.05) is 0 Å². The highest BCUT2D eigenvalue weighted by Crippen LogP contribution is 2.28. The zero-order chi connectivity index (χ0) is 15.2. The highest BCUT2D eigenvalue weighted by atomic mass is 32.1. The smallest absolute Gasteiger partial charge is 0.305 e. The lowest BCUT2D eigenvalue weighted by atomic mass is 10.0. The van der Waals surface area contributed by atoms with Crippen molar-refractivity contribution in [3.63, 3.8) is 0 Å². The Morgan fingerprint density at radius 2 is 2.24 bits per heavy atom. The SMILES string of the molecule is CC(C)(CC(=O)O)NC(=O)c1cc2c(nc3sccn32)s1. The zero-order valence-corrected chi connectivity index (χ0v) is 13.0. The van der Waals surface area contributed by atoms with Crippen LogP contribution in [0.3, 0.4) is 0 Å². The Bertz CT molecular complexity index is 843. The van der Waals surface area contributed by atoms with Crippen LogP contribution < -0.4 is 5.32 Å². The molecule has 3 rings (SSSR count). The van der Waals surface area contributed by atoms with Crippen molar-refractivity contribution in [2.75, 3.05) is 0 Å². The Kier molecular flexibility index (Phi) is 3.22. The molecule has 3 aromatic heterocycles. The van der Waals surface area contributed by atoms with Crippen LogP contribution in [0.4, 0.5) is 0 Å². The van der Waals surface area contributed by atoms with Gasteiger partial charge < -0.3 is 10.4 Å². The van der Waals surface area contributed by atoms with Crippen molar-refractivity contribution in [1.82, 2.24) is 14.7 Å². The van der Waals surface area contributed by atoms with Crippen LogP contribution in [0.1, 0.15) is 29.9 Å².